The van der Waals surface area contributed by atoms with Gasteiger partial charge in [-0.25, -0.2) is 0 Å². The average molecular weight is 250 g/mol. The summed E-state index contributed by atoms with van der Waals surface area (Å²) in [5.41, 5.74) is 1.73. The van der Waals surface area contributed by atoms with Crippen molar-refractivity contribution in [3.8, 4) is 22.6 Å². The normalized spacial score (nSPS) is 10.2. The van der Waals surface area contributed by atoms with Gasteiger partial charge in [-0.3, -0.25) is 4.98 Å². The van der Waals surface area contributed by atoms with Crippen molar-refractivity contribution in [1.82, 2.24) is 4.98 Å². The zero-order valence-corrected chi connectivity index (χ0v) is 10.1. The van der Waals surface area contributed by atoms with Gasteiger partial charge in [0.1, 0.15) is 11.5 Å². The smallest absolute Gasteiger partial charge is 0.138 e. The van der Waals surface area contributed by atoms with E-state index in [1.54, 1.807) is 24.5 Å². The molecule has 0 aliphatic rings. The number of phenolic OH excluding ortho intramolecular Hbond substituents is 1. The molecule has 0 atom stereocenters. The van der Waals surface area contributed by atoms with E-state index < -0.39 is 0 Å². The second-order valence-electron chi connectivity index (χ2n) is 3.51. The van der Waals surface area contributed by atoms with Gasteiger partial charge >= 0.3 is 0 Å². The maximum absolute atomic E-state index is 9.55. The van der Waals surface area contributed by atoms with E-state index in [0.717, 1.165) is 11.1 Å². The monoisotopic (exact) mass is 249 g/mol. The van der Waals surface area contributed by atoms with Gasteiger partial charge in [-0.05, 0) is 30.7 Å². The number of rotatable bonds is 3. The van der Waals surface area contributed by atoms with Gasteiger partial charge in [-0.1, -0.05) is 17.7 Å². The van der Waals surface area contributed by atoms with Crippen molar-refractivity contribution in [2.75, 3.05) is 6.61 Å². The lowest BCUT2D eigenvalue weighted by atomic mass is 10.1. The average Bonchev–Trinajstić information content (AvgIpc) is 2.33. The maximum atomic E-state index is 9.55. The zero-order valence-electron chi connectivity index (χ0n) is 9.35. The molecule has 1 N–H and O–H groups in total. The van der Waals surface area contributed by atoms with Gasteiger partial charge in [0.25, 0.3) is 0 Å². The summed E-state index contributed by atoms with van der Waals surface area (Å²) < 4.78 is 5.37. The van der Waals surface area contributed by atoms with Crippen LogP contribution in [0.1, 0.15) is 6.92 Å². The zero-order chi connectivity index (χ0) is 12.3. The van der Waals surface area contributed by atoms with Gasteiger partial charge in [0.15, 0.2) is 0 Å². The highest BCUT2D eigenvalue weighted by Gasteiger charge is 2.04. The van der Waals surface area contributed by atoms with Crippen molar-refractivity contribution in [2.24, 2.45) is 0 Å². The fraction of sp³-hybridized carbons (Fsp3) is 0.154. The second kappa shape index (κ2) is 5.06. The molecule has 0 radical (unpaired) electrons. The van der Waals surface area contributed by atoms with Gasteiger partial charge in [-0.2, -0.15) is 0 Å². The number of hydrogen-bond acceptors (Lipinski definition) is 3. The highest BCUT2D eigenvalue weighted by Crippen LogP contribution is 2.30. The molecule has 4 heteroatoms. The molecule has 2 aromatic rings. The van der Waals surface area contributed by atoms with Gasteiger partial charge in [-0.15, -0.1) is 0 Å². The van der Waals surface area contributed by atoms with Crippen LogP contribution in [-0.4, -0.2) is 16.7 Å². The van der Waals surface area contributed by atoms with Crippen LogP contribution in [0.3, 0.4) is 0 Å². The Labute approximate surface area is 105 Å². The van der Waals surface area contributed by atoms with Crippen molar-refractivity contribution in [3.05, 3.63) is 41.7 Å². The molecule has 2 rings (SSSR count). The summed E-state index contributed by atoms with van der Waals surface area (Å²) in [6, 6.07) is 6.96. The molecule has 1 heterocycles. The summed E-state index contributed by atoms with van der Waals surface area (Å²) in [6.45, 7) is 2.51. The number of phenols is 1. The molecule has 0 saturated heterocycles. The minimum absolute atomic E-state index is 0.0611. The maximum Gasteiger partial charge on any atom is 0.138 e. The SMILES string of the molecule is CCOc1cncc(-c2ccc(Cl)c(O)c2)c1. The number of aromatic nitrogens is 1. The van der Waals surface area contributed by atoms with Crippen LogP contribution in [-0.2, 0) is 0 Å². The van der Waals surface area contributed by atoms with Crippen molar-refractivity contribution in [1.29, 1.82) is 0 Å². The lowest BCUT2D eigenvalue weighted by Gasteiger charge is -2.06. The first-order chi connectivity index (χ1) is 8.20. The molecule has 0 unspecified atom stereocenters. The molecule has 88 valence electrons. The van der Waals surface area contributed by atoms with E-state index in [0.29, 0.717) is 17.4 Å². The molecular formula is C13H12ClNO2. The van der Waals surface area contributed by atoms with Crippen LogP contribution in [0.15, 0.2) is 36.7 Å². The molecular weight excluding hydrogens is 238 g/mol. The first-order valence-electron chi connectivity index (χ1n) is 5.27. The molecule has 1 aromatic carbocycles. The highest BCUT2D eigenvalue weighted by molar-refractivity contribution is 6.32. The van der Waals surface area contributed by atoms with Gasteiger partial charge in [0.2, 0.25) is 0 Å². The van der Waals surface area contributed by atoms with Gasteiger partial charge in [0, 0.05) is 11.8 Å². The van der Waals surface area contributed by atoms with E-state index in [1.165, 1.54) is 0 Å². The van der Waals surface area contributed by atoms with Crippen molar-refractivity contribution in [3.63, 3.8) is 0 Å². The number of halogens is 1. The molecule has 0 aliphatic carbocycles. The molecule has 0 amide bonds. The van der Waals surface area contributed by atoms with E-state index in [-0.39, 0.29) is 5.75 Å². The van der Waals surface area contributed by atoms with Crippen molar-refractivity contribution >= 4 is 11.6 Å². The van der Waals surface area contributed by atoms with E-state index in [1.807, 2.05) is 19.1 Å². The molecule has 0 spiro atoms. The Balaban J connectivity index is 2.38. The highest BCUT2D eigenvalue weighted by atomic mass is 35.5. The van der Waals surface area contributed by atoms with E-state index >= 15 is 0 Å². The quantitative estimate of drug-likeness (QED) is 0.905. The molecule has 0 saturated carbocycles. The number of nitrogens with zero attached hydrogens (tertiary/aromatic N) is 1. The third-order valence-corrected chi connectivity index (χ3v) is 2.62. The van der Waals surface area contributed by atoms with Crippen molar-refractivity contribution < 1.29 is 9.84 Å². The third kappa shape index (κ3) is 2.68. The predicted octanol–water partition coefficient (Wildman–Crippen LogP) is 3.51. The van der Waals surface area contributed by atoms with Gasteiger partial charge in [0.05, 0.1) is 17.8 Å². The lowest BCUT2D eigenvalue weighted by Crippen LogP contribution is -1.92. The Morgan fingerprint density at radius 2 is 2.06 bits per heavy atom. The molecule has 17 heavy (non-hydrogen) atoms. The van der Waals surface area contributed by atoms with Crippen LogP contribution in [0.4, 0.5) is 0 Å². The van der Waals surface area contributed by atoms with Gasteiger partial charge < -0.3 is 9.84 Å². The standard InChI is InChI=1S/C13H12ClNO2/c1-2-17-11-5-10(7-15-8-11)9-3-4-12(14)13(16)6-9/h3-8,16H,2H2,1H3. The lowest BCUT2D eigenvalue weighted by molar-refractivity contribution is 0.339. The summed E-state index contributed by atoms with van der Waals surface area (Å²) in [7, 11) is 0. The van der Waals surface area contributed by atoms with Crippen LogP contribution in [0.5, 0.6) is 11.5 Å². The number of hydrogen-bond donors (Lipinski definition) is 1. The van der Waals surface area contributed by atoms with Crippen LogP contribution in [0.2, 0.25) is 5.02 Å². The summed E-state index contributed by atoms with van der Waals surface area (Å²) in [5, 5.41) is 9.89. The van der Waals surface area contributed by atoms with E-state index in [9.17, 15) is 5.11 Å². The molecule has 1 aromatic heterocycles. The minimum atomic E-state index is 0.0611. The number of benzene rings is 1. The largest absolute Gasteiger partial charge is 0.506 e. The van der Waals surface area contributed by atoms with Crippen LogP contribution in [0, 0.1) is 0 Å². The molecule has 0 fully saturated rings. The predicted molar refractivity (Wildman–Crippen MR) is 67.5 cm³/mol. The Kier molecular flexibility index (Phi) is 3.49. The summed E-state index contributed by atoms with van der Waals surface area (Å²) in [5.74, 6) is 0.769. The Hall–Kier alpha value is -1.74. The number of ether oxygens (including phenoxy) is 1. The van der Waals surface area contributed by atoms with E-state index in [4.69, 9.17) is 16.3 Å². The number of aromatic hydroxyl groups is 1. The van der Waals surface area contributed by atoms with Crippen LogP contribution < -0.4 is 4.74 Å². The first kappa shape index (κ1) is 11.7. The Morgan fingerprint density at radius 3 is 2.76 bits per heavy atom. The summed E-state index contributed by atoms with van der Waals surface area (Å²) in [4.78, 5) is 4.09. The summed E-state index contributed by atoms with van der Waals surface area (Å²) in [6.07, 6.45) is 3.37. The fourth-order valence-corrected chi connectivity index (χ4v) is 1.63. The number of pyridine rings is 1. The Morgan fingerprint density at radius 1 is 1.24 bits per heavy atom. The second-order valence-corrected chi connectivity index (χ2v) is 3.92. The first-order valence-corrected chi connectivity index (χ1v) is 5.65. The fourth-order valence-electron chi connectivity index (χ4n) is 1.51. The summed E-state index contributed by atoms with van der Waals surface area (Å²) >= 11 is 5.76. The van der Waals surface area contributed by atoms with Crippen molar-refractivity contribution in [2.45, 2.75) is 6.92 Å². The molecule has 0 bridgehead atoms. The Bertz CT molecular complexity index is 529. The molecule has 3 nitrogen and oxygen atoms in total. The van der Waals surface area contributed by atoms with Crippen LogP contribution in [0.25, 0.3) is 11.1 Å². The van der Waals surface area contributed by atoms with E-state index in [2.05, 4.69) is 4.98 Å². The molecule has 0 aliphatic heterocycles. The van der Waals surface area contributed by atoms with Crippen LogP contribution >= 0.6 is 11.6 Å². The topological polar surface area (TPSA) is 42.4 Å². The third-order valence-electron chi connectivity index (χ3n) is 2.30. The minimum Gasteiger partial charge on any atom is -0.506 e.